The molecule has 0 spiro atoms. The van der Waals surface area contributed by atoms with Crippen molar-refractivity contribution < 1.29 is 9.53 Å². The van der Waals surface area contributed by atoms with E-state index in [-0.39, 0.29) is 11.9 Å². The molecule has 1 aromatic carbocycles. The van der Waals surface area contributed by atoms with Crippen LogP contribution in [0.5, 0.6) is 0 Å². The van der Waals surface area contributed by atoms with Crippen LogP contribution in [0.2, 0.25) is 0 Å². The molecule has 0 radical (unpaired) electrons. The van der Waals surface area contributed by atoms with Crippen molar-refractivity contribution >= 4 is 33.8 Å². The van der Waals surface area contributed by atoms with Crippen molar-refractivity contribution in [1.82, 2.24) is 14.9 Å². The summed E-state index contributed by atoms with van der Waals surface area (Å²) < 4.78 is 5.60. The Morgan fingerprint density at radius 1 is 1.19 bits per heavy atom. The maximum atomic E-state index is 12.6. The van der Waals surface area contributed by atoms with Crippen molar-refractivity contribution in [1.29, 1.82) is 0 Å². The van der Waals surface area contributed by atoms with Crippen molar-refractivity contribution in [2.75, 3.05) is 31.6 Å². The fourth-order valence-electron chi connectivity index (χ4n) is 4.27. The largest absolute Gasteiger partial charge is 0.379 e. The van der Waals surface area contributed by atoms with Crippen molar-refractivity contribution in [3.63, 3.8) is 0 Å². The van der Waals surface area contributed by atoms with E-state index in [0.29, 0.717) is 18.1 Å². The van der Waals surface area contributed by atoms with Crippen LogP contribution in [0.15, 0.2) is 60.1 Å². The van der Waals surface area contributed by atoms with Gasteiger partial charge in [0.15, 0.2) is 0 Å². The fourth-order valence-corrected chi connectivity index (χ4v) is 4.89. The van der Waals surface area contributed by atoms with Gasteiger partial charge in [0.2, 0.25) is 0 Å². The van der Waals surface area contributed by atoms with E-state index in [9.17, 15) is 4.79 Å². The van der Waals surface area contributed by atoms with Crippen molar-refractivity contribution in [2.24, 2.45) is 0 Å². The number of rotatable bonds is 5. The Morgan fingerprint density at radius 3 is 2.81 bits per heavy atom. The predicted octanol–water partition coefficient (Wildman–Crippen LogP) is 4.61. The molecule has 0 saturated carbocycles. The van der Waals surface area contributed by atoms with Gasteiger partial charge in [-0.05, 0) is 48.7 Å². The first-order chi connectivity index (χ1) is 15.2. The van der Waals surface area contributed by atoms with Gasteiger partial charge in [-0.15, -0.1) is 11.3 Å². The summed E-state index contributed by atoms with van der Waals surface area (Å²) in [5.74, 6) is -0.0855. The number of benzene rings is 1. The molecular weight excluding hydrogens is 408 g/mol. The number of anilines is 1. The number of carbonyl (C=O) groups excluding carboxylic acids is 1. The molecule has 7 heteroatoms. The van der Waals surface area contributed by atoms with Crippen molar-refractivity contribution in [3.8, 4) is 0 Å². The van der Waals surface area contributed by atoms with Crippen LogP contribution in [0.1, 0.15) is 32.7 Å². The molecule has 1 saturated heterocycles. The summed E-state index contributed by atoms with van der Waals surface area (Å²) in [6.45, 7) is 5.24. The number of aromatic nitrogens is 2. The molecule has 2 N–H and O–H groups in total. The van der Waals surface area contributed by atoms with Gasteiger partial charge in [0.25, 0.3) is 5.91 Å². The molecule has 1 aliphatic rings. The number of morpholine rings is 1. The van der Waals surface area contributed by atoms with Gasteiger partial charge >= 0.3 is 0 Å². The zero-order valence-corrected chi connectivity index (χ0v) is 18.1. The van der Waals surface area contributed by atoms with Gasteiger partial charge in [0, 0.05) is 47.1 Å². The Bertz CT molecular complexity index is 1180. The van der Waals surface area contributed by atoms with E-state index < -0.39 is 0 Å². The average Bonchev–Trinajstić information content (AvgIpc) is 3.44. The third-order valence-corrected chi connectivity index (χ3v) is 6.56. The first-order valence-electron chi connectivity index (χ1n) is 10.4. The number of pyridine rings is 1. The van der Waals surface area contributed by atoms with Crippen LogP contribution < -0.4 is 5.32 Å². The first kappa shape index (κ1) is 19.9. The molecule has 4 aromatic rings. The van der Waals surface area contributed by atoms with Gasteiger partial charge in [0.05, 0.1) is 29.8 Å². The summed E-state index contributed by atoms with van der Waals surface area (Å²) in [7, 11) is 0. The summed E-state index contributed by atoms with van der Waals surface area (Å²) >= 11 is 1.44. The number of hydrogen-bond donors (Lipinski definition) is 2. The molecule has 4 heterocycles. The first-order valence-corrected chi connectivity index (χ1v) is 11.3. The van der Waals surface area contributed by atoms with E-state index in [1.807, 2.05) is 48.0 Å². The van der Waals surface area contributed by atoms with Gasteiger partial charge < -0.3 is 15.0 Å². The quantitative estimate of drug-likeness (QED) is 0.483. The lowest BCUT2D eigenvalue weighted by molar-refractivity contribution is 0.0234. The number of nitrogens with zero attached hydrogens (tertiary/aromatic N) is 2. The SMILES string of the molecule is Cc1[nH]c2ccc(NC(=O)c3cccs3)cc2c1[C@@H](c1ccccn1)N1CCOCC1. The van der Waals surface area contributed by atoms with Gasteiger partial charge in [-0.1, -0.05) is 12.1 Å². The summed E-state index contributed by atoms with van der Waals surface area (Å²) in [6, 6.07) is 15.8. The van der Waals surface area contributed by atoms with Crippen LogP contribution in [0.4, 0.5) is 5.69 Å². The number of aromatic amines is 1. The Kier molecular flexibility index (Phi) is 5.55. The zero-order chi connectivity index (χ0) is 21.2. The molecule has 1 amide bonds. The lowest BCUT2D eigenvalue weighted by Crippen LogP contribution is -2.40. The Labute approximate surface area is 184 Å². The Hall–Kier alpha value is -3.00. The highest BCUT2D eigenvalue weighted by molar-refractivity contribution is 7.12. The monoisotopic (exact) mass is 432 g/mol. The minimum atomic E-state index is -0.0855. The topological polar surface area (TPSA) is 70.2 Å². The highest BCUT2D eigenvalue weighted by atomic mass is 32.1. The Morgan fingerprint density at radius 2 is 2.06 bits per heavy atom. The van der Waals surface area contributed by atoms with Crippen molar-refractivity contribution in [3.05, 3.63) is 81.9 Å². The van der Waals surface area contributed by atoms with Gasteiger partial charge in [-0.25, -0.2) is 0 Å². The molecule has 31 heavy (non-hydrogen) atoms. The van der Waals surface area contributed by atoms with E-state index in [1.54, 1.807) is 0 Å². The van der Waals surface area contributed by atoms with Crippen LogP contribution in [-0.4, -0.2) is 47.1 Å². The molecule has 6 nitrogen and oxygen atoms in total. The van der Waals surface area contributed by atoms with E-state index in [0.717, 1.165) is 41.1 Å². The molecule has 0 aliphatic carbocycles. The molecule has 1 aliphatic heterocycles. The molecule has 3 aromatic heterocycles. The van der Waals surface area contributed by atoms with Crippen LogP contribution in [-0.2, 0) is 4.74 Å². The average molecular weight is 433 g/mol. The number of carbonyl (C=O) groups is 1. The molecular formula is C24H24N4O2S. The highest BCUT2D eigenvalue weighted by Crippen LogP contribution is 2.37. The maximum absolute atomic E-state index is 12.6. The normalized spacial score (nSPS) is 15.8. The second kappa shape index (κ2) is 8.63. The summed E-state index contributed by atoms with van der Waals surface area (Å²) in [6.07, 6.45) is 1.85. The van der Waals surface area contributed by atoms with Crippen LogP contribution in [0.3, 0.4) is 0 Å². The number of nitrogens with one attached hydrogen (secondary N) is 2. The molecule has 1 fully saturated rings. The van der Waals surface area contributed by atoms with Gasteiger partial charge in [-0.3, -0.25) is 14.7 Å². The van der Waals surface area contributed by atoms with E-state index in [4.69, 9.17) is 9.72 Å². The van der Waals surface area contributed by atoms with Crippen LogP contribution in [0.25, 0.3) is 10.9 Å². The Balaban J connectivity index is 1.58. The lowest BCUT2D eigenvalue weighted by atomic mass is 9.97. The second-order valence-electron chi connectivity index (χ2n) is 7.66. The number of amides is 1. The number of fused-ring (bicyclic) bond motifs is 1. The van der Waals surface area contributed by atoms with Crippen LogP contribution in [0, 0.1) is 6.92 Å². The van der Waals surface area contributed by atoms with E-state index in [1.165, 1.54) is 16.9 Å². The standard InChI is InChI=1S/C24H24N4O2S/c1-16-22(23(20-5-2-3-9-25-20)28-10-12-30-13-11-28)18-15-17(7-8-19(18)26-16)27-24(29)21-6-4-14-31-21/h2-9,14-15,23,26H,10-13H2,1H3,(H,27,29)/t23-/m1/s1. The van der Waals surface area contributed by atoms with Crippen LogP contribution >= 0.6 is 11.3 Å². The minimum absolute atomic E-state index is 0.0158. The molecule has 158 valence electrons. The summed E-state index contributed by atoms with van der Waals surface area (Å²) in [5.41, 5.74) is 5.16. The molecule has 1 atom stereocenters. The highest BCUT2D eigenvalue weighted by Gasteiger charge is 2.29. The second-order valence-corrected chi connectivity index (χ2v) is 8.61. The molecule has 0 unspecified atom stereocenters. The van der Waals surface area contributed by atoms with E-state index in [2.05, 4.69) is 34.3 Å². The number of thiophene rings is 1. The molecule has 0 bridgehead atoms. The smallest absolute Gasteiger partial charge is 0.265 e. The number of H-pyrrole nitrogens is 1. The number of aryl methyl sites for hydroxylation is 1. The van der Waals surface area contributed by atoms with Crippen molar-refractivity contribution in [2.45, 2.75) is 13.0 Å². The summed E-state index contributed by atoms with van der Waals surface area (Å²) in [5, 5.41) is 6.05. The third-order valence-electron chi connectivity index (χ3n) is 5.69. The van der Waals surface area contributed by atoms with Gasteiger partial charge in [-0.2, -0.15) is 0 Å². The zero-order valence-electron chi connectivity index (χ0n) is 17.3. The predicted molar refractivity (Wildman–Crippen MR) is 124 cm³/mol. The summed E-state index contributed by atoms with van der Waals surface area (Å²) in [4.78, 5) is 23.9. The lowest BCUT2D eigenvalue weighted by Gasteiger charge is -2.34. The molecule has 5 rings (SSSR count). The maximum Gasteiger partial charge on any atom is 0.265 e. The van der Waals surface area contributed by atoms with Gasteiger partial charge in [0.1, 0.15) is 0 Å². The number of hydrogen-bond acceptors (Lipinski definition) is 5. The third kappa shape index (κ3) is 3.99. The van der Waals surface area contributed by atoms with E-state index >= 15 is 0 Å². The minimum Gasteiger partial charge on any atom is -0.379 e. The number of ether oxygens (including phenoxy) is 1. The fraction of sp³-hybridized carbons (Fsp3) is 0.250.